The van der Waals surface area contributed by atoms with Crippen molar-refractivity contribution in [1.29, 1.82) is 0 Å². The van der Waals surface area contributed by atoms with Crippen molar-refractivity contribution in [3.8, 4) is 0 Å². The monoisotopic (exact) mass is 153 g/mol. The quantitative estimate of drug-likeness (QED) is 0.652. The van der Waals surface area contributed by atoms with Crippen LogP contribution >= 0.6 is 0 Å². The molecule has 0 unspecified atom stereocenters. The van der Waals surface area contributed by atoms with Crippen molar-refractivity contribution in [3.63, 3.8) is 0 Å². The van der Waals surface area contributed by atoms with Gasteiger partial charge in [0, 0.05) is 7.05 Å². The highest BCUT2D eigenvalue weighted by molar-refractivity contribution is 5.22. The van der Waals surface area contributed by atoms with Crippen LogP contribution in [0.15, 0.2) is 6.20 Å². The first kappa shape index (κ1) is 8.27. The fourth-order valence-corrected chi connectivity index (χ4v) is 1.47. The molecule has 1 aromatic rings. The highest BCUT2D eigenvalue weighted by Gasteiger charge is 2.20. The second kappa shape index (κ2) is 2.34. The largest absolute Gasteiger partial charge is 0.321 e. The van der Waals surface area contributed by atoms with Crippen LogP contribution in [0.2, 0.25) is 0 Å². The molecule has 1 heterocycles. The lowest BCUT2D eigenvalue weighted by Gasteiger charge is -2.19. The molecular formula is C8H15N3. The number of nitrogens with two attached hydrogens (primary N) is 1. The van der Waals surface area contributed by atoms with Gasteiger partial charge in [-0.15, -0.1) is 0 Å². The lowest BCUT2D eigenvalue weighted by Crippen LogP contribution is -2.32. The number of nitrogens with zero attached hydrogens (tertiary/aromatic N) is 2. The zero-order chi connectivity index (χ0) is 8.65. The predicted octanol–water partition coefficient (Wildman–Crippen LogP) is 0.922. The Morgan fingerprint density at radius 2 is 2.09 bits per heavy atom. The molecule has 3 heteroatoms. The van der Waals surface area contributed by atoms with E-state index in [2.05, 4.69) is 5.10 Å². The third kappa shape index (κ3) is 1.43. The molecular weight excluding hydrogens is 138 g/mol. The molecule has 1 rings (SSSR count). The molecule has 0 aliphatic carbocycles. The molecule has 0 fully saturated rings. The summed E-state index contributed by atoms with van der Waals surface area (Å²) in [6, 6.07) is 0. The molecule has 0 spiro atoms. The Labute approximate surface area is 67.2 Å². The number of hydrogen-bond donors (Lipinski definition) is 1. The summed E-state index contributed by atoms with van der Waals surface area (Å²) in [6.45, 7) is 5.99. The van der Waals surface area contributed by atoms with Crippen LogP contribution in [0.3, 0.4) is 0 Å². The van der Waals surface area contributed by atoms with E-state index in [1.165, 1.54) is 0 Å². The van der Waals surface area contributed by atoms with E-state index in [4.69, 9.17) is 5.73 Å². The van der Waals surface area contributed by atoms with Crippen LogP contribution in [0.5, 0.6) is 0 Å². The Kier molecular flexibility index (Phi) is 1.76. The number of aryl methyl sites for hydroxylation is 2. The number of hydrogen-bond acceptors (Lipinski definition) is 2. The maximum atomic E-state index is 5.94. The Hall–Kier alpha value is -0.830. The fourth-order valence-electron chi connectivity index (χ4n) is 1.47. The molecule has 1 aromatic heterocycles. The second-order valence-corrected chi connectivity index (χ2v) is 3.52. The van der Waals surface area contributed by atoms with Gasteiger partial charge in [0.15, 0.2) is 0 Å². The minimum absolute atomic E-state index is 0.296. The molecule has 0 atom stereocenters. The lowest BCUT2D eigenvalue weighted by atomic mass is 9.99. The summed E-state index contributed by atoms with van der Waals surface area (Å²) >= 11 is 0. The van der Waals surface area contributed by atoms with Gasteiger partial charge in [0.1, 0.15) is 0 Å². The van der Waals surface area contributed by atoms with Crippen LogP contribution in [0.4, 0.5) is 0 Å². The van der Waals surface area contributed by atoms with E-state index in [9.17, 15) is 0 Å². The SMILES string of the molecule is Cc1cnn(C)c1C(C)(C)N. The summed E-state index contributed by atoms with van der Waals surface area (Å²) in [7, 11) is 1.91. The molecule has 11 heavy (non-hydrogen) atoms. The van der Waals surface area contributed by atoms with Gasteiger partial charge in [-0.1, -0.05) is 0 Å². The van der Waals surface area contributed by atoms with Crippen molar-refractivity contribution in [3.05, 3.63) is 17.5 Å². The van der Waals surface area contributed by atoms with Crippen LogP contribution < -0.4 is 5.73 Å². The molecule has 0 aromatic carbocycles. The summed E-state index contributed by atoms with van der Waals surface area (Å²) in [5.41, 5.74) is 7.89. The average Bonchev–Trinajstić information content (AvgIpc) is 2.08. The maximum absolute atomic E-state index is 5.94. The van der Waals surface area contributed by atoms with Crippen LogP contribution in [0, 0.1) is 6.92 Å². The lowest BCUT2D eigenvalue weighted by molar-refractivity contribution is 0.494. The highest BCUT2D eigenvalue weighted by Crippen LogP contribution is 2.19. The van der Waals surface area contributed by atoms with Crippen LogP contribution in [0.1, 0.15) is 25.1 Å². The van der Waals surface area contributed by atoms with Crippen LogP contribution in [-0.2, 0) is 12.6 Å². The van der Waals surface area contributed by atoms with Crippen LogP contribution in [0.25, 0.3) is 0 Å². The van der Waals surface area contributed by atoms with Gasteiger partial charge in [0.05, 0.1) is 17.4 Å². The molecule has 0 aliphatic heterocycles. The van der Waals surface area contributed by atoms with E-state index in [1.54, 1.807) is 0 Å². The van der Waals surface area contributed by atoms with Crippen molar-refractivity contribution in [2.24, 2.45) is 12.8 Å². The summed E-state index contributed by atoms with van der Waals surface area (Å²) in [5.74, 6) is 0. The Morgan fingerprint density at radius 1 is 1.55 bits per heavy atom. The van der Waals surface area contributed by atoms with Crippen molar-refractivity contribution >= 4 is 0 Å². The number of rotatable bonds is 1. The topological polar surface area (TPSA) is 43.8 Å². The molecule has 62 valence electrons. The second-order valence-electron chi connectivity index (χ2n) is 3.52. The Balaban J connectivity index is 3.21. The first-order valence-electron chi connectivity index (χ1n) is 3.71. The van der Waals surface area contributed by atoms with Crippen molar-refractivity contribution in [2.45, 2.75) is 26.3 Å². The minimum Gasteiger partial charge on any atom is -0.321 e. The van der Waals surface area contributed by atoms with Crippen molar-refractivity contribution in [2.75, 3.05) is 0 Å². The Morgan fingerprint density at radius 3 is 2.27 bits per heavy atom. The molecule has 0 aliphatic rings. The third-order valence-electron chi connectivity index (χ3n) is 1.73. The first-order chi connectivity index (χ1) is 4.93. The van der Waals surface area contributed by atoms with E-state index in [0.717, 1.165) is 11.3 Å². The molecule has 0 saturated carbocycles. The van der Waals surface area contributed by atoms with E-state index < -0.39 is 0 Å². The summed E-state index contributed by atoms with van der Waals surface area (Å²) in [5, 5.41) is 4.12. The first-order valence-corrected chi connectivity index (χ1v) is 3.71. The molecule has 0 saturated heterocycles. The zero-order valence-electron chi connectivity index (χ0n) is 7.55. The average molecular weight is 153 g/mol. The van der Waals surface area contributed by atoms with Crippen molar-refractivity contribution in [1.82, 2.24) is 9.78 Å². The Bertz CT molecular complexity index is 235. The third-order valence-corrected chi connectivity index (χ3v) is 1.73. The fraction of sp³-hybridized carbons (Fsp3) is 0.625. The van der Waals surface area contributed by atoms with E-state index >= 15 is 0 Å². The molecule has 2 N–H and O–H groups in total. The van der Waals surface area contributed by atoms with Gasteiger partial charge in [0.2, 0.25) is 0 Å². The van der Waals surface area contributed by atoms with E-state index in [0.29, 0.717) is 0 Å². The summed E-state index contributed by atoms with van der Waals surface area (Å²) < 4.78 is 1.83. The molecule has 0 bridgehead atoms. The normalized spacial score (nSPS) is 12.1. The van der Waals surface area contributed by atoms with Crippen LogP contribution in [-0.4, -0.2) is 9.78 Å². The van der Waals surface area contributed by atoms with Gasteiger partial charge >= 0.3 is 0 Å². The molecule has 0 amide bonds. The molecule has 0 radical (unpaired) electrons. The van der Waals surface area contributed by atoms with Gasteiger partial charge < -0.3 is 5.73 Å². The standard InChI is InChI=1S/C8H15N3/c1-6-5-10-11(4)7(6)8(2,3)9/h5H,9H2,1-4H3. The van der Waals surface area contributed by atoms with Gasteiger partial charge in [-0.3, -0.25) is 4.68 Å². The minimum atomic E-state index is -0.296. The summed E-state index contributed by atoms with van der Waals surface area (Å²) in [4.78, 5) is 0. The van der Waals surface area contributed by atoms with E-state index in [-0.39, 0.29) is 5.54 Å². The zero-order valence-corrected chi connectivity index (χ0v) is 7.55. The van der Waals surface area contributed by atoms with Gasteiger partial charge in [0.25, 0.3) is 0 Å². The predicted molar refractivity (Wildman–Crippen MR) is 45.2 cm³/mol. The smallest absolute Gasteiger partial charge is 0.0602 e. The summed E-state index contributed by atoms with van der Waals surface area (Å²) in [6.07, 6.45) is 1.84. The molecule has 3 nitrogen and oxygen atoms in total. The maximum Gasteiger partial charge on any atom is 0.0602 e. The van der Waals surface area contributed by atoms with Gasteiger partial charge in [-0.05, 0) is 26.3 Å². The number of aromatic nitrogens is 2. The van der Waals surface area contributed by atoms with Crippen molar-refractivity contribution < 1.29 is 0 Å². The van der Waals surface area contributed by atoms with Gasteiger partial charge in [-0.25, -0.2) is 0 Å². The van der Waals surface area contributed by atoms with E-state index in [1.807, 2.05) is 38.7 Å². The highest BCUT2D eigenvalue weighted by atomic mass is 15.3. The van der Waals surface area contributed by atoms with Gasteiger partial charge in [-0.2, -0.15) is 5.10 Å².